The SMILES string of the molecule is CC1=CC=CC(C)(C23O[C@]2(C)C=CC=C3C)C1. The smallest absolute Gasteiger partial charge is 0.132 e. The zero-order chi connectivity index (χ0) is 12.3. The maximum absolute atomic E-state index is 6.22. The van der Waals surface area contributed by atoms with Crippen LogP contribution in [0.4, 0.5) is 0 Å². The zero-order valence-corrected chi connectivity index (χ0v) is 11.1. The first-order chi connectivity index (χ1) is 7.94. The van der Waals surface area contributed by atoms with Crippen LogP contribution in [0, 0.1) is 5.41 Å². The first kappa shape index (κ1) is 11.0. The van der Waals surface area contributed by atoms with Crippen molar-refractivity contribution in [3.05, 3.63) is 47.6 Å². The van der Waals surface area contributed by atoms with Gasteiger partial charge in [0.2, 0.25) is 0 Å². The summed E-state index contributed by atoms with van der Waals surface area (Å²) in [5, 5.41) is 0. The monoisotopic (exact) mass is 228 g/mol. The summed E-state index contributed by atoms with van der Waals surface area (Å²) in [6.07, 6.45) is 14.3. The van der Waals surface area contributed by atoms with E-state index in [1.807, 2.05) is 0 Å². The molecule has 1 fully saturated rings. The Morgan fingerprint density at radius 2 is 1.76 bits per heavy atom. The molecule has 1 aliphatic heterocycles. The number of allylic oxidation sites excluding steroid dienone is 5. The molecule has 0 saturated carbocycles. The molecule has 0 bridgehead atoms. The van der Waals surface area contributed by atoms with Gasteiger partial charge in [0.1, 0.15) is 11.2 Å². The molecule has 3 atom stereocenters. The van der Waals surface area contributed by atoms with Gasteiger partial charge < -0.3 is 4.74 Å². The summed E-state index contributed by atoms with van der Waals surface area (Å²) >= 11 is 0. The number of ether oxygens (including phenoxy) is 1. The minimum absolute atomic E-state index is 0.0753. The van der Waals surface area contributed by atoms with Gasteiger partial charge in [0.25, 0.3) is 0 Å². The Kier molecular flexibility index (Phi) is 1.96. The lowest BCUT2D eigenvalue weighted by molar-refractivity contribution is 0.193. The molecule has 2 unspecified atom stereocenters. The molecule has 17 heavy (non-hydrogen) atoms. The summed E-state index contributed by atoms with van der Waals surface area (Å²) in [6, 6.07) is 0. The van der Waals surface area contributed by atoms with Gasteiger partial charge in [-0.25, -0.2) is 0 Å². The maximum atomic E-state index is 6.22. The minimum Gasteiger partial charge on any atom is -0.353 e. The molecule has 1 heteroatoms. The third-order valence-electron chi connectivity index (χ3n) is 4.63. The molecule has 2 aliphatic carbocycles. The van der Waals surface area contributed by atoms with Gasteiger partial charge in [-0.2, -0.15) is 0 Å². The van der Waals surface area contributed by atoms with Crippen LogP contribution in [-0.2, 0) is 4.74 Å². The molecular weight excluding hydrogens is 208 g/mol. The summed E-state index contributed by atoms with van der Waals surface area (Å²) in [4.78, 5) is 0. The summed E-state index contributed by atoms with van der Waals surface area (Å²) in [5.74, 6) is 0. The number of fused-ring (bicyclic) bond motifs is 1. The van der Waals surface area contributed by atoms with E-state index in [0.717, 1.165) is 6.42 Å². The molecule has 90 valence electrons. The minimum atomic E-state index is -0.124. The van der Waals surface area contributed by atoms with Crippen LogP contribution < -0.4 is 0 Å². The first-order valence-electron chi connectivity index (χ1n) is 6.35. The van der Waals surface area contributed by atoms with Gasteiger partial charge >= 0.3 is 0 Å². The van der Waals surface area contributed by atoms with E-state index in [1.54, 1.807) is 0 Å². The number of rotatable bonds is 1. The highest BCUT2D eigenvalue weighted by Crippen LogP contribution is 2.66. The van der Waals surface area contributed by atoms with Gasteiger partial charge in [0, 0.05) is 5.41 Å². The maximum Gasteiger partial charge on any atom is 0.132 e. The Bertz CT molecular complexity index is 494. The molecule has 3 rings (SSSR count). The molecule has 0 radical (unpaired) electrons. The van der Waals surface area contributed by atoms with E-state index in [4.69, 9.17) is 4.74 Å². The van der Waals surface area contributed by atoms with Gasteiger partial charge in [-0.1, -0.05) is 42.9 Å². The highest BCUT2D eigenvalue weighted by atomic mass is 16.6. The predicted octanol–water partition coefficient (Wildman–Crippen LogP) is 3.94. The van der Waals surface area contributed by atoms with Crippen LogP contribution >= 0.6 is 0 Å². The molecule has 0 aromatic carbocycles. The highest BCUT2D eigenvalue weighted by Gasteiger charge is 2.74. The van der Waals surface area contributed by atoms with E-state index < -0.39 is 0 Å². The standard InChI is InChI=1S/C16H20O/c1-12-7-5-9-14(3,11-12)16-13(2)8-6-10-15(16,4)17-16/h5-10H,11H2,1-4H3/t14?,15-,16?/m1/s1. The predicted molar refractivity (Wildman–Crippen MR) is 70.7 cm³/mol. The average molecular weight is 228 g/mol. The van der Waals surface area contributed by atoms with Crippen LogP contribution in [0.25, 0.3) is 0 Å². The van der Waals surface area contributed by atoms with Crippen LogP contribution in [0.1, 0.15) is 34.1 Å². The Labute approximate surface area is 104 Å². The molecular formula is C16H20O. The van der Waals surface area contributed by atoms with Crippen molar-refractivity contribution in [1.82, 2.24) is 0 Å². The van der Waals surface area contributed by atoms with E-state index in [0.29, 0.717) is 0 Å². The van der Waals surface area contributed by atoms with Gasteiger partial charge in [-0.15, -0.1) is 0 Å². The summed E-state index contributed by atoms with van der Waals surface area (Å²) in [7, 11) is 0. The van der Waals surface area contributed by atoms with E-state index in [-0.39, 0.29) is 16.6 Å². The molecule has 1 heterocycles. The average Bonchev–Trinajstić information content (AvgIpc) is 2.88. The molecule has 0 aromatic heterocycles. The molecule has 3 aliphatic rings. The Morgan fingerprint density at radius 1 is 1.06 bits per heavy atom. The van der Waals surface area contributed by atoms with Gasteiger partial charge in [-0.05, 0) is 38.8 Å². The third kappa shape index (κ3) is 1.18. The van der Waals surface area contributed by atoms with E-state index in [9.17, 15) is 0 Å². The van der Waals surface area contributed by atoms with Crippen molar-refractivity contribution in [1.29, 1.82) is 0 Å². The number of hydrogen-bond acceptors (Lipinski definition) is 1. The van der Waals surface area contributed by atoms with Crippen molar-refractivity contribution in [2.75, 3.05) is 0 Å². The Balaban J connectivity index is 2.07. The van der Waals surface area contributed by atoms with E-state index in [1.165, 1.54) is 11.1 Å². The van der Waals surface area contributed by atoms with Crippen molar-refractivity contribution in [2.45, 2.75) is 45.3 Å². The number of epoxide rings is 1. The van der Waals surface area contributed by atoms with Crippen molar-refractivity contribution in [3.63, 3.8) is 0 Å². The van der Waals surface area contributed by atoms with E-state index in [2.05, 4.69) is 64.2 Å². The van der Waals surface area contributed by atoms with Gasteiger partial charge in [0.05, 0.1) is 0 Å². The normalized spacial score (nSPS) is 47.3. The van der Waals surface area contributed by atoms with Crippen molar-refractivity contribution in [2.24, 2.45) is 5.41 Å². The van der Waals surface area contributed by atoms with Crippen LogP contribution in [0.15, 0.2) is 47.6 Å². The second-order valence-corrected chi connectivity index (χ2v) is 6.07. The van der Waals surface area contributed by atoms with Crippen LogP contribution in [0.3, 0.4) is 0 Å². The van der Waals surface area contributed by atoms with Gasteiger partial charge in [-0.3, -0.25) is 0 Å². The second-order valence-electron chi connectivity index (χ2n) is 6.07. The Hall–Kier alpha value is -1.08. The second kappa shape index (κ2) is 3.02. The molecule has 0 spiro atoms. The van der Waals surface area contributed by atoms with Crippen molar-refractivity contribution in [3.8, 4) is 0 Å². The summed E-state index contributed by atoms with van der Waals surface area (Å²) in [5.41, 5.74) is 2.63. The summed E-state index contributed by atoms with van der Waals surface area (Å²) in [6.45, 7) is 8.92. The van der Waals surface area contributed by atoms with Crippen LogP contribution in [0.5, 0.6) is 0 Å². The molecule has 0 amide bonds. The van der Waals surface area contributed by atoms with Gasteiger partial charge in [0.15, 0.2) is 0 Å². The lowest BCUT2D eigenvalue weighted by Gasteiger charge is -2.38. The molecule has 0 N–H and O–H groups in total. The fraction of sp³-hybridized carbons (Fsp3) is 0.500. The summed E-state index contributed by atoms with van der Waals surface area (Å²) < 4.78 is 6.22. The lowest BCUT2D eigenvalue weighted by atomic mass is 9.62. The Morgan fingerprint density at radius 3 is 2.41 bits per heavy atom. The molecule has 0 aromatic rings. The topological polar surface area (TPSA) is 12.5 Å². The largest absolute Gasteiger partial charge is 0.353 e. The molecule has 1 nitrogen and oxygen atoms in total. The molecule has 1 saturated heterocycles. The fourth-order valence-electron chi connectivity index (χ4n) is 3.91. The van der Waals surface area contributed by atoms with Crippen LogP contribution in [-0.4, -0.2) is 11.2 Å². The lowest BCUT2D eigenvalue weighted by Crippen LogP contribution is -2.42. The van der Waals surface area contributed by atoms with E-state index >= 15 is 0 Å². The highest BCUT2D eigenvalue weighted by molar-refractivity contribution is 5.49. The fourth-order valence-corrected chi connectivity index (χ4v) is 3.91. The number of hydrogen-bond donors (Lipinski definition) is 0. The zero-order valence-electron chi connectivity index (χ0n) is 11.1. The quantitative estimate of drug-likeness (QED) is 0.619. The first-order valence-corrected chi connectivity index (χ1v) is 6.35. The third-order valence-corrected chi connectivity index (χ3v) is 4.63. The van der Waals surface area contributed by atoms with Crippen molar-refractivity contribution >= 4 is 0 Å². The van der Waals surface area contributed by atoms with Crippen molar-refractivity contribution < 1.29 is 4.74 Å². The van der Waals surface area contributed by atoms with Crippen LogP contribution in [0.2, 0.25) is 0 Å².